The molecule has 0 aromatic rings. The first kappa shape index (κ1) is 17.6. The van der Waals surface area contributed by atoms with E-state index in [0.717, 1.165) is 0 Å². The fourth-order valence-electron chi connectivity index (χ4n) is 0.753. The Kier molecular flexibility index (Phi) is 5.60. The Bertz CT molecular complexity index is 318. The zero-order chi connectivity index (χ0) is 14.8. The van der Waals surface area contributed by atoms with E-state index in [-0.39, 0.29) is 0 Å². The van der Waals surface area contributed by atoms with E-state index in [1.54, 1.807) is 0 Å². The van der Waals surface area contributed by atoms with Crippen molar-refractivity contribution in [1.82, 2.24) is 0 Å². The first-order valence-electron chi connectivity index (χ1n) is 4.11. The van der Waals surface area contributed by atoms with Gasteiger partial charge in [0.1, 0.15) is 0 Å². The van der Waals surface area contributed by atoms with E-state index in [4.69, 9.17) is 4.89 Å². The molecule has 0 saturated carbocycles. The second-order valence-electron chi connectivity index (χ2n) is 3.05. The Morgan fingerprint density at radius 3 is 1.94 bits per heavy atom. The second-order valence-corrected chi connectivity index (χ2v) is 4.57. The summed E-state index contributed by atoms with van der Waals surface area (Å²) in [6.07, 6.45) is -16.0. The third-order valence-electron chi connectivity index (χ3n) is 1.63. The molecule has 18 heavy (non-hydrogen) atoms. The average molecular weight is 308 g/mol. The largest absolute Gasteiger partial charge is 0.472 e. The zero-order valence-corrected chi connectivity index (χ0v) is 9.52. The molecule has 0 aliphatic rings. The second kappa shape index (κ2) is 5.72. The molecule has 0 fully saturated rings. The fraction of sp³-hybridized carbons (Fsp3) is 1.00. The molecule has 4 nitrogen and oxygen atoms in total. The first-order chi connectivity index (χ1) is 7.82. The van der Waals surface area contributed by atoms with Crippen molar-refractivity contribution >= 4 is 7.82 Å². The van der Waals surface area contributed by atoms with Crippen molar-refractivity contribution in [3.63, 3.8) is 0 Å². The number of rotatable bonds is 6. The summed E-state index contributed by atoms with van der Waals surface area (Å²) in [6, 6.07) is 0. The summed E-state index contributed by atoms with van der Waals surface area (Å²) < 4.78 is 103. The van der Waals surface area contributed by atoms with Crippen LogP contribution in [-0.2, 0) is 13.6 Å². The molecule has 0 aromatic carbocycles. The van der Waals surface area contributed by atoms with Crippen LogP contribution in [0.4, 0.5) is 30.7 Å². The van der Waals surface area contributed by atoms with Crippen molar-refractivity contribution < 1.29 is 49.2 Å². The summed E-state index contributed by atoms with van der Waals surface area (Å²) in [5, 5.41) is 0. The lowest BCUT2D eigenvalue weighted by atomic mass is 10.1. The summed E-state index contributed by atoms with van der Waals surface area (Å²) in [6.45, 7) is 0. The molecular formula is C6H8F7O4P. The lowest BCUT2D eigenvalue weighted by molar-refractivity contribution is -0.231. The van der Waals surface area contributed by atoms with E-state index < -0.39 is 38.9 Å². The van der Waals surface area contributed by atoms with Crippen molar-refractivity contribution in [2.24, 2.45) is 0 Å². The Morgan fingerprint density at radius 2 is 1.67 bits per heavy atom. The van der Waals surface area contributed by atoms with Crippen molar-refractivity contribution in [2.45, 2.75) is 31.0 Å². The molecule has 1 N–H and O–H groups in total. The molecule has 2 unspecified atom stereocenters. The molecule has 0 amide bonds. The van der Waals surface area contributed by atoms with Crippen molar-refractivity contribution in [3.05, 3.63) is 0 Å². The van der Waals surface area contributed by atoms with Gasteiger partial charge in [-0.05, 0) is 0 Å². The molecule has 0 saturated heterocycles. The van der Waals surface area contributed by atoms with Gasteiger partial charge in [-0.2, -0.15) is 13.2 Å². The first-order valence-corrected chi connectivity index (χ1v) is 5.61. The van der Waals surface area contributed by atoms with Crippen LogP contribution in [0.2, 0.25) is 0 Å². The third kappa shape index (κ3) is 5.51. The molecule has 0 aliphatic heterocycles. The zero-order valence-electron chi connectivity index (χ0n) is 8.63. The van der Waals surface area contributed by atoms with E-state index in [2.05, 4.69) is 9.05 Å². The monoisotopic (exact) mass is 308 g/mol. The maximum absolute atomic E-state index is 12.5. The maximum Gasteiger partial charge on any atom is 0.472 e. The molecule has 0 rings (SSSR count). The lowest BCUT2D eigenvalue weighted by Crippen LogP contribution is -2.40. The van der Waals surface area contributed by atoms with E-state index >= 15 is 0 Å². The van der Waals surface area contributed by atoms with Crippen LogP contribution in [0.3, 0.4) is 0 Å². The highest BCUT2D eigenvalue weighted by Gasteiger charge is 2.53. The number of alkyl halides is 7. The van der Waals surface area contributed by atoms with Gasteiger partial charge in [-0.25, -0.2) is 22.1 Å². The molecule has 0 heterocycles. The highest BCUT2D eigenvalue weighted by Crippen LogP contribution is 2.48. The molecular weight excluding hydrogens is 300 g/mol. The number of halogens is 7. The van der Waals surface area contributed by atoms with E-state index in [0.29, 0.717) is 7.11 Å². The van der Waals surface area contributed by atoms with Crippen LogP contribution in [0.5, 0.6) is 0 Å². The van der Waals surface area contributed by atoms with Crippen molar-refractivity contribution in [3.8, 4) is 0 Å². The van der Waals surface area contributed by atoms with Crippen LogP contribution in [-0.4, -0.2) is 36.6 Å². The molecule has 0 bridgehead atoms. The Labute approximate surface area is 96.3 Å². The van der Waals surface area contributed by atoms with Gasteiger partial charge in [0.2, 0.25) is 0 Å². The SMILES string of the molecule is COP(=O)(O)OC(CC(F)(F)C(F)F)C(F)(F)F. The minimum atomic E-state index is -5.53. The van der Waals surface area contributed by atoms with Gasteiger partial charge < -0.3 is 4.89 Å². The molecule has 110 valence electrons. The molecule has 0 spiro atoms. The van der Waals surface area contributed by atoms with Gasteiger partial charge >= 0.3 is 26.3 Å². The molecule has 0 radical (unpaired) electrons. The maximum atomic E-state index is 12.5. The van der Waals surface area contributed by atoms with Crippen LogP contribution >= 0.6 is 7.82 Å². The minimum absolute atomic E-state index is 0.486. The Balaban J connectivity index is 5.00. The number of hydrogen-bond acceptors (Lipinski definition) is 3. The minimum Gasteiger partial charge on any atom is -0.302 e. The molecule has 2 atom stereocenters. The number of hydrogen-bond donors (Lipinski definition) is 1. The van der Waals surface area contributed by atoms with Crippen LogP contribution in [0.25, 0.3) is 0 Å². The smallest absolute Gasteiger partial charge is 0.302 e. The van der Waals surface area contributed by atoms with Crippen LogP contribution in [0.1, 0.15) is 6.42 Å². The predicted molar refractivity (Wildman–Crippen MR) is 43.3 cm³/mol. The molecule has 0 aliphatic carbocycles. The van der Waals surface area contributed by atoms with Gasteiger partial charge in [0.25, 0.3) is 0 Å². The highest BCUT2D eigenvalue weighted by molar-refractivity contribution is 7.47. The Hall–Kier alpha value is -0.380. The van der Waals surface area contributed by atoms with E-state index in [1.807, 2.05) is 0 Å². The summed E-state index contributed by atoms with van der Waals surface area (Å²) >= 11 is 0. The van der Waals surface area contributed by atoms with Crippen LogP contribution in [0.15, 0.2) is 0 Å². The summed E-state index contributed by atoms with van der Waals surface area (Å²) in [4.78, 5) is 8.57. The van der Waals surface area contributed by atoms with Gasteiger partial charge in [0.05, 0.1) is 6.42 Å². The quantitative estimate of drug-likeness (QED) is 0.605. The van der Waals surface area contributed by atoms with Gasteiger partial charge in [-0.15, -0.1) is 0 Å². The van der Waals surface area contributed by atoms with Crippen molar-refractivity contribution in [2.75, 3.05) is 7.11 Å². The average Bonchev–Trinajstić information content (AvgIpc) is 2.14. The highest BCUT2D eigenvalue weighted by atomic mass is 31.2. The van der Waals surface area contributed by atoms with Crippen LogP contribution in [0, 0.1) is 0 Å². The normalized spacial score (nSPS) is 18.8. The summed E-state index contributed by atoms with van der Waals surface area (Å²) in [7, 11) is -4.75. The molecule has 0 aromatic heterocycles. The topological polar surface area (TPSA) is 55.8 Å². The summed E-state index contributed by atoms with van der Waals surface area (Å²) in [5.74, 6) is -5.02. The fourth-order valence-corrected chi connectivity index (χ4v) is 1.35. The standard InChI is InChI=1S/C6H8F7O4P/c1-16-18(14,15)17-3(6(11,12)13)2-5(9,10)4(7)8/h3-4H,2H2,1H3,(H,14,15). The van der Waals surface area contributed by atoms with Gasteiger partial charge in [-0.3, -0.25) is 9.05 Å². The Morgan fingerprint density at radius 1 is 1.22 bits per heavy atom. The lowest BCUT2D eigenvalue weighted by Gasteiger charge is -2.25. The number of phosphoric ester groups is 1. The summed E-state index contributed by atoms with van der Waals surface area (Å²) in [5.41, 5.74) is 0. The van der Waals surface area contributed by atoms with E-state index in [9.17, 15) is 35.3 Å². The van der Waals surface area contributed by atoms with Gasteiger partial charge in [0.15, 0.2) is 6.10 Å². The van der Waals surface area contributed by atoms with Gasteiger partial charge in [-0.1, -0.05) is 0 Å². The number of phosphoric acid groups is 1. The molecule has 12 heteroatoms. The third-order valence-corrected chi connectivity index (χ3v) is 2.62. The van der Waals surface area contributed by atoms with E-state index in [1.165, 1.54) is 0 Å². The van der Waals surface area contributed by atoms with Crippen LogP contribution < -0.4 is 0 Å². The van der Waals surface area contributed by atoms with Gasteiger partial charge in [0, 0.05) is 7.11 Å². The predicted octanol–water partition coefficient (Wildman–Crippen LogP) is 2.97. The van der Waals surface area contributed by atoms with Crippen molar-refractivity contribution in [1.29, 1.82) is 0 Å².